The fourth-order valence-corrected chi connectivity index (χ4v) is 1.66. The maximum atomic E-state index is 13.4. The molecule has 0 aliphatic carbocycles. The van der Waals surface area contributed by atoms with Gasteiger partial charge in [-0.3, -0.25) is 0 Å². The van der Waals surface area contributed by atoms with Gasteiger partial charge in [0.15, 0.2) is 0 Å². The van der Waals surface area contributed by atoms with Crippen molar-refractivity contribution < 1.29 is 13.9 Å². The summed E-state index contributed by atoms with van der Waals surface area (Å²) in [7, 11) is 0. The highest BCUT2D eigenvalue weighted by Gasteiger charge is 2.20. The van der Waals surface area contributed by atoms with Crippen LogP contribution in [0.1, 0.15) is 38.3 Å². The van der Waals surface area contributed by atoms with Crippen molar-refractivity contribution in [2.24, 2.45) is 11.7 Å². The number of rotatable bonds is 5. The molecule has 0 radical (unpaired) electrons. The minimum atomic E-state index is -0.885. The zero-order chi connectivity index (χ0) is 13.0. The van der Waals surface area contributed by atoms with E-state index in [1.54, 1.807) is 0 Å². The molecular formula is C13H20ClF2NO. The zero-order valence-corrected chi connectivity index (χ0v) is 11.4. The summed E-state index contributed by atoms with van der Waals surface area (Å²) in [5.41, 5.74) is 5.77. The summed E-state index contributed by atoms with van der Waals surface area (Å²) in [5.74, 6) is -0.690. The summed E-state index contributed by atoms with van der Waals surface area (Å²) in [5, 5.41) is 9.82. The average Bonchev–Trinajstić information content (AvgIpc) is 2.28. The van der Waals surface area contributed by atoms with E-state index in [1.807, 2.05) is 13.8 Å². The van der Waals surface area contributed by atoms with E-state index in [9.17, 15) is 13.9 Å². The van der Waals surface area contributed by atoms with Crippen LogP contribution in [0.3, 0.4) is 0 Å². The summed E-state index contributed by atoms with van der Waals surface area (Å²) < 4.78 is 26.4. The Hall–Kier alpha value is -0.710. The minimum absolute atomic E-state index is 0. The van der Waals surface area contributed by atoms with Crippen molar-refractivity contribution in [3.8, 4) is 0 Å². The zero-order valence-electron chi connectivity index (χ0n) is 10.6. The first-order valence-corrected chi connectivity index (χ1v) is 5.80. The molecule has 0 aromatic heterocycles. The van der Waals surface area contributed by atoms with Gasteiger partial charge in [-0.2, -0.15) is 0 Å². The third kappa shape index (κ3) is 4.88. The first kappa shape index (κ1) is 17.3. The number of benzene rings is 1. The largest absolute Gasteiger partial charge is 0.391 e. The molecule has 0 aliphatic rings. The van der Waals surface area contributed by atoms with Crippen molar-refractivity contribution in [3.05, 3.63) is 35.4 Å². The van der Waals surface area contributed by atoms with Crippen LogP contribution in [-0.4, -0.2) is 11.2 Å². The Kier molecular flexibility index (Phi) is 7.36. The monoisotopic (exact) mass is 279 g/mol. The van der Waals surface area contributed by atoms with Crippen molar-refractivity contribution in [2.45, 2.75) is 38.8 Å². The smallest absolute Gasteiger partial charge is 0.128 e. The topological polar surface area (TPSA) is 46.2 Å². The average molecular weight is 280 g/mol. The maximum absolute atomic E-state index is 13.4. The third-order valence-corrected chi connectivity index (χ3v) is 2.77. The molecule has 0 saturated heterocycles. The van der Waals surface area contributed by atoms with Gasteiger partial charge in [0.05, 0.1) is 12.1 Å². The lowest BCUT2D eigenvalue weighted by Crippen LogP contribution is -2.27. The van der Waals surface area contributed by atoms with Crippen molar-refractivity contribution in [3.63, 3.8) is 0 Å². The van der Waals surface area contributed by atoms with Crippen LogP contribution in [0.2, 0.25) is 0 Å². The van der Waals surface area contributed by atoms with Gasteiger partial charge < -0.3 is 10.8 Å². The fourth-order valence-electron chi connectivity index (χ4n) is 1.66. The first-order valence-electron chi connectivity index (χ1n) is 5.80. The second-order valence-corrected chi connectivity index (χ2v) is 4.73. The van der Waals surface area contributed by atoms with E-state index in [2.05, 4.69) is 0 Å². The minimum Gasteiger partial charge on any atom is -0.391 e. The molecule has 0 saturated carbocycles. The van der Waals surface area contributed by atoms with Gasteiger partial charge in [-0.05, 0) is 37.0 Å². The molecule has 1 aromatic carbocycles. The van der Waals surface area contributed by atoms with Crippen molar-refractivity contribution in [1.82, 2.24) is 0 Å². The Labute approximate surface area is 113 Å². The first-order chi connectivity index (χ1) is 7.91. The molecule has 5 heteroatoms. The van der Waals surface area contributed by atoms with Gasteiger partial charge in [-0.25, -0.2) is 8.78 Å². The number of halogens is 3. The van der Waals surface area contributed by atoms with E-state index >= 15 is 0 Å². The van der Waals surface area contributed by atoms with Gasteiger partial charge in [0.2, 0.25) is 0 Å². The predicted molar refractivity (Wildman–Crippen MR) is 70.6 cm³/mol. The lowest BCUT2D eigenvalue weighted by molar-refractivity contribution is 0.126. The molecule has 3 N–H and O–H groups in total. The van der Waals surface area contributed by atoms with Crippen LogP contribution in [0.15, 0.2) is 18.2 Å². The van der Waals surface area contributed by atoms with Gasteiger partial charge in [-0.1, -0.05) is 13.8 Å². The summed E-state index contributed by atoms with van der Waals surface area (Å²) >= 11 is 0. The van der Waals surface area contributed by atoms with Crippen LogP contribution in [-0.2, 0) is 0 Å². The van der Waals surface area contributed by atoms with Gasteiger partial charge >= 0.3 is 0 Å². The van der Waals surface area contributed by atoms with Gasteiger partial charge in [-0.15, -0.1) is 12.4 Å². The van der Waals surface area contributed by atoms with Crippen LogP contribution >= 0.6 is 12.4 Å². The molecule has 2 nitrogen and oxygen atoms in total. The fraction of sp³-hybridized carbons (Fsp3) is 0.538. The Morgan fingerprint density at radius 3 is 2.39 bits per heavy atom. The Morgan fingerprint density at radius 1 is 1.22 bits per heavy atom. The molecule has 1 aromatic rings. The molecule has 0 fully saturated rings. The van der Waals surface area contributed by atoms with Gasteiger partial charge in [0, 0.05) is 5.56 Å². The maximum Gasteiger partial charge on any atom is 0.128 e. The van der Waals surface area contributed by atoms with E-state index in [-0.39, 0.29) is 18.0 Å². The van der Waals surface area contributed by atoms with Gasteiger partial charge in [0.25, 0.3) is 0 Å². The highest BCUT2D eigenvalue weighted by Crippen LogP contribution is 2.22. The number of nitrogens with two attached hydrogens (primary N) is 1. The van der Waals surface area contributed by atoms with Crippen LogP contribution < -0.4 is 5.73 Å². The highest BCUT2D eigenvalue weighted by atomic mass is 35.5. The Balaban J connectivity index is 0.00000289. The van der Waals surface area contributed by atoms with Crippen LogP contribution in [0.4, 0.5) is 8.78 Å². The molecule has 0 spiro atoms. The lowest BCUT2D eigenvalue weighted by Gasteiger charge is -2.20. The Bertz CT molecular complexity index is 374. The van der Waals surface area contributed by atoms with Crippen molar-refractivity contribution in [1.29, 1.82) is 0 Å². The predicted octanol–water partition coefficient (Wildman–Crippen LogP) is 3.18. The van der Waals surface area contributed by atoms with Crippen LogP contribution in [0, 0.1) is 17.6 Å². The van der Waals surface area contributed by atoms with E-state index in [1.165, 1.54) is 0 Å². The van der Waals surface area contributed by atoms with E-state index < -0.39 is 23.8 Å². The second-order valence-electron chi connectivity index (χ2n) is 4.73. The number of aliphatic hydroxyl groups excluding tert-OH is 1. The number of aliphatic hydroxyl groups is 1. The van der Waals surface area contributed by atoms with E-state index in [0.717, 1.165) is 24.6 Å². The van der Waals surface area contributed by atoms with E-state index in [0.29, 0.717) is 12.3 Å². The van der Waals surface area contributed by atoms with Crippen molar-refractivity contribution in [2.75, 3.05) is 0 Å². The molecular weight excluding hydrogens is 260 g/mol. The quantitative estimate of drug-likeness (QED) is 0.869. The molecule has 2 atom stereocenters. The number of hydrogen-bond donors (Lipinski definition) is 2. The summed E-state index contributed by atoms with van der Waals surface area (Å²) in [6.45, 7) is 4.06. The normalized spacial score (nSPS) is 14.2. The number of hydrogen-bond acceptors (Lipinski definition) is 2. The van der Waals surface area contributed by atoms with Gasteiger partial charge in [0.1, 0.15) is 11.6 Å². The second kappa shape index (κ2) is 7.67. The summed E-state index contributed by atoms with van der Waals surface area (Å²) in [6.07, 6.45) is 0.425. The summed E-state index contributed by atoms with van der Waals surface area (Å²) in [4.78, 5) is 0. The molecule has 18 heavy (non-hydrogen) atoms. The molecule has 0 unspecified atom stereocenters. The lowest BCUT2D eigenvalue weighted by atomic mass is 9.95. The third-order valence-electron chi connectivity index (χ3n) is 2.77. The standard InChI is InChI=1S/C13H19F2NO.ClH/c1-8(2)3-6-12(17)13(16)10-7-9(14)4-5-11(10)15;/h4-5,7-8,12-13,17H,3,6,16H2,1-2H3;1H/t12-,13+;/m1./s1. The molecule has 0 aliphatic heterocycles. The molecule has 104 valence electrons. The van der Waals surface area contributed by atoms with Crippen LogP contribution in [0.25, 0.3) is 0 Å². The van der Waals surface area contributed by atoms with Crippen molar-refractivity contribution >= 4 is 12.4 Å². The molecule has 0 amide bonds. The van der Waals surface area contributed by atoms with Crippen LogP contribution in [0.5, 0.6) is 0 Å². The van der Waals surface area contributed by atoms with E-state index in [4.69, 9.17) is 5.73 Å². The Morgan fingerprint density at radius 2 is 1.83 bits per heavy atom. The molecule has 1 rings (SSSR count). The molecule has 0 bridgehead atoms. The SMILES string of the molecule is CC(C)CC[C@@H](O)[C@@H](N)c1cc(F)ccc1F.Cl. The molecule has 0 heterocycles. The summed E-state index contributed by atoms with van der Waals surface area (Å²) in [6, 6.07) is 2.22. The highest BCUT2D eigenvalue weighted by molar-refractivity contribution is 5.85.